The van der Waals surface area contributed by atoms with Crippen LogP contribution in [0.2, 0.25) is 0 Å². The highest BCUT2D eigenvalue weighted by molar-refractivity contribution is 5.88. The van der Waals surface area contributed by atoms with Crippen LogP contribution in [-0.2, 0) is 5.41 Å². The van der Waals surface area contributed by atoms with Gasteiger partial charge in [0.05, 0.1) is 5.56 Å². The molecular weight excluding hydrogens is 240 g/mol. The average Bonchev–Trinajstić information content (AvgIpc) is 2.26. The van der Waals surface area contributed by atoms with E-state index in [4.69, 9.17) is 5.11 Å². The number of anilines is 1. The normalized spacial score (nSPS) is 11.0. The van der Waals surface area contributed by atoms with Gasteiger partial charge in [-0.25, -0.2) is 9.78 Å². The molecule has 1 rings (SSSR count). The third-order valence-corrected chi connectivity index (χ3v) is 2.63. The lowest BCUT2D eigenvalue weighted by Crippen LogP contribution is -2.16. The molecule has 0 fully saturated rings. The standard InChI is InChI=1S/C15H22N2O2/c1-10(2)6-7-16-13-9-11(14(18)19)8-12(17-13)15(3,4)5/h6,8-9H,7H2,1-5H3,(H,16,17)(H,18,19). The summed E-state index contributed by atoms with van der Waals surface area (Å²) in [5.41, 5.74) is 2.06. The number of hydrogen-bond donors (Lipinski definition) is 2. The van der Waals surface area contributed by atoms with Gasteiger partial charge in [-0.3, -0.25) is 0 Å². The third-order valence-electron chi connectivity index (χ3n) is 2.63. The maximum atomic E-state index is 11.1. The quantitative estimate of drug-likeness (QED) is 0.816. The molecule has 0 aliphatic rings. The number of aromatic nitrogens is 1. The van der Waals surface area contributed by atoms with E-state index in [0.717, 1.165) is 5.69 Å². The van der Waals surface area contributed by atoms with Crippen LogP contribution < -0.4 is 5.32 Å². The highest BCUT2D eigenvalue weighted by Crippen LogP contribution is 2.23. The van der Waals surface area contributed by atoms with Crippen LogP contribution in [-0.4, -0.2) is 22.6 Å². The first-order valence-electron chi connectivity index (χ1n) is 6.33. The lowest BCUT2D eigenvalue weighted by atomic mass is 9.91. The van der Waals surface area contributed by atoms with Gasteiger partial charge in [0.1, 0.15) is 5.82 Å². The second kappa shape index (κ2) is 5.87. The van der Waals surface area contributed by atoms with Crippen molar-refractivity contribution >= 4 is 11.8 Å². The Morgan fingerprint density at radius 2 is 2.00 bits per heavy atom. The molecule has 0 aliphatic carbocycles. The number of nitrogens with zero attached hydrogens (tertiary/aromatic N) is 1. The number of hydrogen-bond acceptors (Lipinski definition) is 3. The van der Waals surface area contributed by atoms with Gasteiger partial charge in [0, 0.05) is 17.7 Å². The number of carbonyl (C=O) groups is 1. The van der Waals surface area contributed by atoms with Crippen molar-refractivity contribution in [3.05, 3.63) is 35.0 Å². The second-order valence-corrected chi connectivity index (χ2v) is 5.84. The maximum absolute atomic E-state index is 11.1. The fourth-order valence-electron chi connectivity index (χ4n) is 1.49. The SMILES string of the molecule is CC(C)=CCNc1cc(C(=O)O)cc(C(C)(C)C)n1. The van der Waals surface area contributed by atoms with Gasteiger partial charge < -0.3 is 10.4 Å². The van der Waals surface area contributed by atoms with Gasteiger partial charge in [-0.1, -0.05) is 32.4 Å². The molecule has 0 unspecified atom stereocenters. The second-order valence-electron chi connectivity index (χ2n) is 5.84. The summed E-state index contributed by atoms with van der Waals surface area (Å²) < 4.78 is 0. The zero-order valence-electron chi connectivity index (χ0n) is 12.2. The fourth-order valence-corrected chi connectivity index (χ4v) is 1.49. The number of carboxylic acids is 1. The van der Waals surface area contributed by atoms with Crippen LogP contribution in [0, 0.1) is 0 Å². The Balaban J connectivity index is 3.07. The summed E-state index contributed by atoms with van der Waals surface area (Å²) in [7, 11) is 0. The van der Waals surface area contributed by atoms with Gasteiger partial charge in [0.25, 0.3) is 0 Å². The topological polar surface area (TPSA) is 62.2 Å². The zero-order valence-corrected chi connectivity index (χ0v) is 12.2. The molecular formula is C15H22N2O2. The largest absolute Gasteiger partial charge is 0.478 e. The van der Waals surface area contributed by atoms with Crippen molar-refractivity contribution in [2.45, 2.75) is 40.0 Å². The van der Waals surface area contributed by atoms with Gasteiger partial charge in [0.15, 0.2) is 0 Å². The Bertz CT molecular complexity index is 495. The molecule has 19 heavy (non-hydrogen) atoms. The molecule has 0 atom stereocenters. The minimum absolute atomic E-state index is 0.182. The molecule has 0 bridgehead atoms. The highest BCUT2D eigenvalue weighted by Gasteiger charge is 2.18. The minimum Gasteiger partial charge on any atom is -0.478 e. The molecule has 2 N–H and O–H groups in total. The third kappa shape index (κ3) is 4.73. The molecule has 1 aromatic heterocycles. The molecule has 0 saturated heterocycles. The van der Waals surface area contributed by atoms with Crippen molar-refractivity contribution in [2.24, 2.45) is 0 Å². The maximum Gasteiger partial charge on any atom is 0.335 e. The molecule has 0 spiro atoms. The van der Waals surface area contributed by atoms with E-state index >= 15 is 0 Å². The zero-order chi connectivity index (χ0) is 14.6. The molecule has 1 aromatic rings. The molecule has 0 aromatic carbocycles. The van der Waals surface area contributed by atoms with E-state index in [1.807, 2.05) is 40.7 Å². The van der Waals surface area contributed by atoms with Crippen molar-refractivity contribution in [3.63, 3.8) is 0 Å². The van der Waals surface area contributed by atoms with E-state index in [2.05, 4.69) is 10.3 Å². The Hall–Kier alpha value is -1.84. The lowest BCUT2D eigenvalue weighted by molar-refractivity contribution is 0.0696. The predicted molar refractivity (Wildman–Crippen MR) is 77.8 cm³/mol. The average molecular weight is 262 g/mol. The van der Waals surface area contributed by atoms with Crippen molar-refractivity contribution in [1.82, 2.24) is 4.98 Å². The van der Waals surface area contributed by atoms with E-state index in [-0.39, 0.29) is 11.0 Å². The molecule has 0 saturated carbocycles. The number of carboxylic acid groups (broad SMARTS) is 1. The van der Waals surface area contributed by atoms with Gasteiger partial charge >= 0.3 is 5.97 Å². The van der Waals surface area contributed by atoms with Crippen LogP contribution in [0.3, 0.4) is 0 Å². The Morgan fingerprint density at radius 3 is 2.47 bits per heavy atom. The van der Waals surface area contributed by atoms with Gasteiger partial charge in [-0.2, -0.15) is 0 Å². The summed E-state index contributed by atoms with van der Waals surface area (Å²) in [5, 5.41) is 12.3. The Labute approximate surface area is 114 Å². The molecule has 0 radical (unpaired) electrons. The monoisotopic (exact) mass is 262 g/mol. The first kappa shape index (κ1) is 15.2. The molecule has 1 heterocycles. The Kier molecular flexibility index (Phi) is 4.70. The smallest absolute Gasteiger partial charge is 0.335 e. The summed E-state index contributed by atoms with van der Waals surface area (Å²) >= 11 is 0. The predicted octanol–water partition coefficient (Wildman–Crippen LogP) is 3.46. The van der Waals surface area contributed by atoms with Gasteiger partial charge in [0.2, 0.25) is 0 Å². The van der Waals surface area contributed by atoms with Gasteiger partial charge in [-0.15, -0.1) is 0 Å². The number of nitrogens with one attached hydrogen (secondary N) is 1. The summed E-state index contributed by atoms with van der Waals surface area (Å²) in [4.78, 5) is 15.6. The van der Waals surface area contributed by atoms with Crippen LogP contribution in [0.4, 0.5) is 5.82 Å². The molecule has 0 aliphatic heterocycles. The Morgan fingerprint density at radius 1 is 1.37 bits per heavy atom. The summed E-state index contributed by atoms with van der Waals surface area (Å²) in [5.74, 6) is -0.333. The van der Waals surface area contributed by atoms with E-state index in [9.17, 15) is 4.79 Å². The van der Waals surface area contributed by atoms with Crippen LogP contribution in [0.5, 0.6) is 0 Å². The van der Waals surface area contributed by atoms with Crippen LogP contribution in [0.1, 0.15) is 50.7 Å². The summed E-state index contributed by atoms with van der Waals surface area (Å²) in [6, 6.07) is 3.20. The molecule has 0 amide bonds. The summed E-state index contributed by atoms with van der Waals surface area (Å²) in [6.07, 6.45) is 2.03. The van der Waals surface area contributed by atoms with Crippen LogP contribution in [0.25, 0.3) is 0 Å². The minimum atomic E-state index is -0.932. The van der Waals surface area contributed by atoms with Gasteiger partial charge in [-0.05, 0) is 26.0 Å². The van der Waals surface area contributed by atoms with Crippen LogP contribution in [0.15, 0.2) is 23.8 Å². The fraction of sp³-hybridized carbons (Fsp3) is 0.467. The van der Waals surface area contributed by atoms with E-state index in [1.54, 1.807) is 12.1 Å². The summed E-state index contributed by atoms with van der Waals surface area (Å²) in [6.45, 7) is 10.7. The highest BCUT2D eigenvalue weighted by atomic mass is 16.4. The number of aromatic carboxylic acids is 1. The lowest BCUT2D eigenvalue weighted by Gasteiger charge is -2.19. The molecule has 4 nitrogen and oxygen atoms in total. The first-order valence-corrected chi connectivity index (χ1v) is 6.33. The number of allylic oxidation sites excluding steroid dienone is 1. The van der Waals surface area contributed by atoms with Crippen molar-refractivity contribution in [2.75, 3.05) is 11.9 Å². The molecule has 4 heteroatoms. The van der Waals surface area contributed by atoms with E-state index < -0.39 is 5.97 Å². The van der Waals surface area contributed by atoms with Crippen molar-refractivity contribution < 1.29 is 9.90 Å². The number of rotatable bonds is 4. The van der Waals surface area contributed by atoms with E-state index in [1.165, 1.54) is 5.57 Å². The van der Waals surface area contributed by atoms with Crippen LogP contribution >= 0.6 is 0 Å². The molecule has 104 valence electrons. The first-order chi connectivity index (χ1) is 8.70. The van der Waals surface area contributed by atoms with Crippen molar-refractivity contribution in [1.29, 1.82) is 0 Å². The number of pyridine rings is 1. The van der Waals surface area contributed by atoms with Crippen molar-refractivity contribution in [3.8, 4) is 0 Å². The van der Waals surface area contributed by atoms with E-state index in [0.29, 0.717) is 12.4 Å².